The maximum absolute atomic E-state index is 2.52. The van der Waals surface area contributed by atoms with Crippen LogP contribution in [0.2, 0.25) is 0 Å². The standard InChI is InChI=1S/C20H36/c1-9-20(8,10-2)17-13-11-16(12-14-17)19(6,7)15-18(3,4)5/h11,13-14,16H,9-10,12,15H2,1-8H3. The lowest BCUT2D eigenvalue weighted by Gasteiger charge is -2.40. The van der Waals surface area contributed by atoms with Gasteiger partial charge in [0.1, 0.15) is 0 Å². The van der Waals surface area contributed by atoms with E-state index >= 15 is 0 Å². The van der Waals surface area contributed by atoms with E-state index in [1.54, 1.807) is 5.57 Å². The molecule has 0 spiro atoms. The zero-order valence-corrected chi connectivity index (χ0v) is 15.1. The Labute approximate surface area is 127 Å². The SMILES string of the molecule is CCC(C)(CC)C1=CCC(C(C)(C)CC(C)(C)C)C=C1. The van der Waals surface area contributed by atoms with Crippen molar-refractivity contribution < 1.29 is 0 Å². The Morgan fingerprint density at radius 1 is 1.00 bits per heavy atom. The van der Waals surface area contributed by atoms with Gasteiger partial charge in [-0.25, -0.2) is 0 Å². The van der Waals surface area contributed by atoms with Gasteiger partial charge in [0.15, 0.2) is 0 Å². The molecule has 0 nitrogen and oxygen atoms in total. The summed E-state index contributed by atoms with van der Waals surface area (Å²) in [6, 6.07) is 0. The Kier molecular flexibility index (Phi) is 5.33. The fourth-order valence-corrected chi connectivity index (χ4v) is 3.80. The molecule has 1 atom stereocenters. The molecular formula is C20H36. The fraction of sp³-hybridized carbons (Fsp3) is 0.800. The van der Waals surface area contributed by atoms with Crippen LogP contribution in [0.25, 0.3) is 0 Å². The van der Waals surface area contributed by atoms with Gasteiger partial charge >= 0.3 is 0 Å². The molecule has 0 radical (unpaired) electrons. The molecule has 0 aromatic carbocycles. The number of hydrogen-bond acceptors (Lipinski definition) is 0. The molecule has 0 heterocycles. The molecule has 0 saturated carbocycles. The second-order valence-corrected chi connectivity index (χ2v) is 8.85. The van der Waals surface area contributed by atoms with Crippen molar-refractivity contribution in [2.45, 2.75) is 81.1 Å². The van der Waals surface area contributed by atoms with Crippen LogP contribution in [0.5, 0.6) is 0 Å². The first kappa shape index (κ1) is 17.5. The topological polar surface area (TPSA) is 0 Å². The van der Waals surface area contributed by atoms with Crippen LogP contribution in [0.1, 0.15) is 81.1 Å². The van der Waals surface area contributed by atoms with E-state index in [4.69, 9.17) is 0 Å². The Morgan fingerprint density at radius 2 is 1.55 bits per heavy atom. The van der Waals surface area contributed by atoms with Crippen LogP contribution in [0.3, 0.4) is 0 Å². The normalized spacial score (nSPS) is 21.0. The Morgan fingerprint density at radius 3 is 1.90 bits per heavy atom. The summed E-state index contributed by atoms with van der Waals surface area (Å²) >= 11 is 0. The molecule has 0 aliphatic heterocycles. The lowest BCUT2D eigenvalue weighted by Crippen LogP contribution is -2.29. The second kappa shape index (κ2) is 6.08. The van der Waals surface area contributed by atoms with E-state index in [0.29, 0.717) is 22.2 Å². The molecular weight excluding hydrogens is 240 g/mol. The molecule has 0 aromatic rings. The predicted molar refractivity (Wildman–Crippen MR) is 91.9 cm³/mol. The van der Waals surface area contributed by atoms with E-state index < -0.39 is 0 Å². The Hall–Kier alpha value is -0.520. The van der Waals surface area contributed by atoms with E-state index in [9.17, 15) is 0 Å². The van der Waals surface area contributed by atoms with Gasteiger partial charge in [0, 0.05) is 0 Å². The average Bonchev–Trinajstić information content (AvgIpc) is 2.35. The largest absolute Gasteiger partial charge is 0.0803 e. The molecule has 1 aliphatic rings. The van der Waals surface area contributed by atoms with Crippen molar-refractivity contribution in [2.75, 3.05) is 0 Å². The third-order valence-electron chi connectivity index (χ3n) is 5.35. The second-order valence-electron chi connectivity index (χ2n) is 8.85. The molecule has 20 heavy (non-hydrogen) atoms. The van der Waals surface area contributed by atoms with Crippen LogP contribution in [0, 0.1) is 22.2 Å². The van der Waals surface area contributed by atoms with Gasteiger partial charge in [-0.15, -0.1) is 0 Å². The highest BCUT2D eigenvalue weighted by Crippen LogP contribution is 2.45. The highest BCUT2D eigenvalue weighted by molar-refractivity contribution is 5.30. The molecule has 0 N–H and O–H groups in total. The summed E-state index contributed by atoms with van der Waals surface area (Å²) in [6.07, 6.45) is 12.4. The molecule has 0 aromatic heterocycles. The van der Waals surface area contributed by atoms with Crippen molar-refractivity contribution in [2.24, 2.45) is 22.2 Å². The van der Waals surface area contributed by atoms with E-state index in [2.05, 4.69) is 73.6 Å². The summed E-state index contributed by atoms with van der Waals surface area (Å²) in [4.78, 5) is 0. The minimum Gasteiger partial charge on any atom is -0.0803 e. The first-order chi connectivity index (χ1) is 9.04. The van der Waals surface area contributed by atoms with Crippen LogP contribution in [0.4, 0.5) is 0 Å². The molecule has 1 rings (SSSR count). The van der Waals surface area contributed by atoms with E-state index in [-0.39, 0.29) is 0 Å². The quantitative estimate of drug-likeness (QED) is 0.519. The molecule has 0 fully saturated rings. The third kappa shape index (κ3) is 4.24. The lowest BCUT2D eigenvalue weighted by molar-refractivity contribution is 0.157. The molecule has 0 saturated heterocycles. The summed E-state index contributed by atoms with van der Waals surface area (Å²) < 4.78 is 0. The van der Waals surface area contributed by atoms with Crippen molar-refractivity contribution in [3.63, 3.8) is 0 Å². The number of rotatable bonds is 5. The van der Waals surface area contributed by atoms with Crippen LogP contribution < -0.4 is 0 Å². The summed E-state index contributed by atoms with van der Waals surface area (Å²) in [7, 11) is 0. The van der Waals surface area contributed by atoms with Crippen molar-refractivity contribution in [3.8, 4) is 0 Å². The average molecular weight is 277 g/mol. The zero-order chi connectivity index (χ0) is 15.6. The molecule has 1 unspecified atom stereocenters. The van der Waals surface area contributed by atoms with E-state index in [1.807, 2.05) is 0 Å². The summed E-state index contributed by atoms with van der Waals surface area (Å²) in [5.41, 5.74) is 2.72. The van der Waals surface area contributed by atoms with Crippen molar-refractivity contribution in [1.82, 2.24) is 0 Å². The Bertz CT molecular complexity index is 369. The molecule has 0 bridgehead atoms. The van der Waals surface area contributed by atoms with Crippen LogP contribution in [0.15, 0.2) is 23.8 Å². The van der Waals surface area contributed by atoms with Crippen LogP contribution >= 0.6 is 0 Å². The molecule has 0 heteroatoms. The van der Waals surface area contributed by atoms with Crippen molar-refractivity contribution in [3.05, 3.63) is 23.8 Å². The van der Waals surface area contributed by atoms with Crippen LogP contribution in [-0.4, -0.2) is 0 Å². The maximum Gasteiger partial charge on any atom is -0.00837 e. The lowest BCUT2D eigenvalue weighted by atomic mass is 9.65. The van der Waals surface area contributed by atoms with Crippen LogP contribution in [-0.2, 0) is 0 Å². The van der Waals surface area contributed by atoms with Crippen molar-refractivity contribution >= 4 is 0 Å². The van der Waals surface area contributed by atoms with Gasteiger partial charge in [-0.05, 0) is 53.4 Å². The first-order valence-electron chi connectivity index (χ1n) is 8.43. The smallest absolute Gasteiger partial charge is 0.00837 e. The third-order valence-corrected chi connectivity index (χ3v) is 5.35. The molecule has 116 valence electrons. The van der Waals surface area contributed by atoms with Gasteiger partial charge in [-0.1, -0.05) is 73.6 Å². The minimum absolute atomic E-state index is 0.371. The van der Waals surface area contributed by atoms with Gasteiger partial charge in [-0.2, -0.15) is 0 Å². The van der Waals surface area contributed by atoms with Gasteiger partial charge in [0.25, 0.3) is 0 Å². The van der Waals surface area contributed by atoms with Gasteiger partial charge in [0.05, 0.1) is 0 Å². The predicted octanol–water partition coefficient (Wildman–Crippen LogP) is 6.78. The summed E-state index contributed by atoms with van der Waals surface area (Å²) in [6.45, 7) is 19.0. The fourth-order valence-electron chi connectivity index (χ4n) is 3.80. The highest BCUT2D eigenvalue weighted by atomic mass is 14.4. The molecule has 0 amide bonds. The monoisotopic (exact) mass is 276 g/mol. The van der Waals surface area contributed by atoms with Crippen molar-refractivity contribution in [1.29, 1.82) is 0 Å². The summed E-state index contributed by atoms with van der Waals surface area (Å²) in [5.74, 6) is 0.684. The van der Waals surface area contributed by atoms with E-state index in [0.717, 1.165) is 0 Å². The zero-order valence-electron chi connectivity index (χ0n) is 15.1. The van der Waals surface area contributed by atoms with Gasteiger partial charge in [-0.3, -0.25) is 0 Å². The van der Waals surface area contributed by atoms with Gasteiger partial charge < -0.3 is 0 Å². The summed E-state index contributed by atoms with van der Waals surface area (Å²) in [5, 5.41) is 0. The molecule has 1 aliphatic carbocycles. The highest BCUT2D eigenvalue weighted by Gasteiger charge is 2.34. The van der Waals surface area contributed by atoms with Gasteiger partial charge in [0.2, 0.25) is 0 Å². The number of allylic oxidation sites excluding steroid dienone is 4. The Balaban J connectivity index is 2.80. The van der Waals surface area contributed by atoms with E-state index in [1.165, 1.54) is 25.7 Å². The minimum atomic E-state index is 0.371. The number of hydrogen-bond donors (Lipinski definition) is 0. The first-order valence-corrected chi connectivity index (χ1v) is 8.43. The maximum atomic E-state index is 2.52.